The second kappa shape index (κ2) is 3.91. The Morgan fingerprint density at radius 3 is 2.68 bits per heavy atom. The molecule has 0 saturated heterocycles. The fourth-order valence-electron chi connectivity index (χ4n) is 6.94. The van der Waals surface area contributed by atoms with E-state index in [1.807, 2.05) is 0 Å². The van der Waals surface area contributed by atoms with E-state index in [1.54, 1.807) is 0 Å². The zero-order valence-electron chi connectivity index (χ0n) is 13.8. The zero-order valence-corrected chi connectivity index (χ0v) is 13.8. The van der Waals surface area contributed by atoms with Gasteiger partial charge < -0.3 is 9.84 Å². The summed E-state index contributed by atoms with van der Waals surface area (Å²) >= 11 is 0. The van der Waals surface area contributed by atoms with E-state index in [4.69, 9.17) is 4.74 Å². The van der Waals surface area contributed by atoms with Gasteiger partial charge in [0, 0.05) is 12.3 Å². The van der Waals surface area contributed by atoms with E-state index in [0.29, 0.717) is 17.8 Å². The Morgan fingerprint density at radius 1 is 1.36 bits per heavy atom. The second-order valence-electron chi connectivity index (χ2n) is 9.09. The van der Waals surface area contributed by atoms with E-state index >= 15 is 0 Å². The monoisotopic (exact) mass is 304 g/mol. The van der Waals surface area contributed by atoms with Crippen molar-refractivity contribution in [2.75, 3.05) is 0 Å². The fourth-order valence-corrected chi connectivity index (χ4v) is 6.94. The molecule has 5 aliphatic rings. The Balaban J connectivity index is 1.25. The number of carbonyl (C=O) groups is 1. The molecule has 7 unspecified atom stereocenters. The van der Waals surface area contributed by atoms with Gasteiger partial charge in [-0.15, -0.1) is 0 Å². The number of aliphatic hydroxyl groups is 1. The quantitative estimate of drug-likeness (QED) is 0.766. The Kier molecular flexibility index (Phi) is 2.46. The molecule has 0 aliphatic heterocycles. The second-order valence-corrected chi connectivity index (χ2v) is 9.09. The third kappa shape index (κ3) is 1.45. The molecule has 1 N–H and O–H groups in total. The SMILES string of the molecule is CCC(CC1(CC)C2CC21)C(=O)OC12CC3CCC(O)(C1)C32. The zero-order chi connectivity index (χ0) is 15.3. The Labute approximate surface area is 132 Å². The van der Waals surface area contributed by atoms with Gasteiger partial charge in [-0.1, -0.05) is 13.8 Å². The van der Waals surface area contributed by atoms with Gasteiger partial charge in [0.15, 0.2) is 0 Å². The Bertz CT molecular complexity index is 535. The lowest BCUT2D eigenvalue weighted by molar-refractivity contribution is -0.299. The number of hydrogen-bond donors (Lipinski definition) is 1. The van der Waals surface area contributed by atoms with Gasteiger partial charge in [0.1, 0.15) is 5.60 Å². The molecule has 5 saturated carbocycles. The van der Waals surface area contributed by atoms with Crippen LogP contribution in [-0.2, 0) is 9.53 Å². The van der Waals surface area contributed by atoms with Gasteiger partial charge in [-0.25, -0.2) is 0 Å². The van der Waals surface area contributed by atoms with Crippen molar-refractivity contribution in [3.8, 4) is 0 Å². The lowest BCUT2D eigenvalue weighted by Gasteiger charge is -2.65. The van der Waals surface area contributed by atoms with Crippen LogP contribution in [0.15, 0.2) is 0 Å². The van der Waals surface area contributed by atoms with Crippen LogP contribution in [0.2, 0.25) is 0 Å². The smallest absolute Gasteiger partial charge is 0.309 e. The first-order valence-electron chi connectivity index (χ1n) is 9.43. The summed E-state index contributed by atoms with van der Waals surface area (Å²) in [5.41, 5.74) is -0.271. The van der Waals surface area contributed by atoms with Crippen molar-refractivity contribution in [2.24, 2.45) is 35.0 Å². The van der Waals surface area contributed by atoms with Crippen molar-refractivity contribution in [1.82, 2.24) is 0 Å². The van der Waals surface area contributed by atoms with Crippen LogP contribution in [0.25, 0.3) is 0 Å². The highest BCUT2D eigenvalue weighted by Gasteiger charge is 2.78. The first kappa shape index (κ1) is 13.8. The minimum atomic E-state index is -0.492. The molecular weight excluding hydrogens is 276 g/mol. The summed E-state index contributed by atoms with van der Waals surface area (Å²) < 4.78 is 6.04. The van der Waals surface area contributed by atoms with Gasteiger partial charge in [-0.3, -0.25) is 4.79 Å². The van der Waals surface area contributed by atoms with E-state index in [0.717, 1.165) is 43.9 Å². The van der Waals surface area contributed by atoms with Crippen LogP contribution in [0.3, 0.4) is 0 Å². The van der Waals surface area contributed by atoms with Gasteiger partial charge in [0.05, 0.1) is 11.5 Å². The lowest BCUT2D eigenvalue weighted by atomic mass is 9.46. The van der Waals surface area contributed by atoms with Crippen LogP contribution in [0.4, 0.5) is 0 Å². The third-order valence-electron chi connectivity index (χ3n) is 8.35. The normalized spacial score (nSPS) is 57.0. The van der Waals surface area contributed by atoms with Gasteiger partial charge in [0.25, 0.3) is 0 Å². The van der Waals surface area contributed by atoms with Crippen LogP contribution in [0.1, 0.15) is 65.2 Å². The molecule has 5 rings (SSSR count). The molecule has 0 bridgehead atoms. The summed E-state index contributed by atoms with van der Waals surface area (Å²) in [6, 6.07) is 0. The number of esters is 1. The number of rotatable bonds is 6. The van der Waals surface area contributed by atoms with E-state index < -0.39 is 5.60 Å². The predicted molar refractivity (Wildman–Crippen MR) is 81.9 cm³/mol. The van der Waals surface area contributed by atoms with Crippen molar-refractivity contribution in [3.05, 3.63) is 0 Å². The average molecular weight is 304 g/mol. The summed E-state index contributed by atoms with van der Waals surface area (Å²) in [6.45, 7) is 4.40. The Hall–Kier alpha value is -0.570. The van der Waals surface area contributed by atoms with Crippen molar-refractivity contribution in [2.45, 2.75) is 76.4 Å². The van der Waals surface area contributed by atoms with E-state index in [-0.39, 0.29) is 23.4 Å². The summed E-state index contributed by atoms with van der Waals surface area (Å²) in [7, 11) is 0. The van der Waals surface area contributed by atoms with Crippen molar-refractivity contribution in [1.29, 1.82) is 0 Å². The van der Waals surface area contributed by atoms with Gasteiger partial charge >= 0.3 is 5.97 Å². The maximum atomic E-state index is 12.7. The van der Waals surface area contributed by atoms with Gasteiger partial charge in [0.2, 0.25) is 0 Å². The highest BCUT2D eigenvalue weighted by molar-refractivity contribution is 5.73. The van der Waals surface area contributed by atoms with Crippen LogP contribution in [0, 0.1) is 35.0 Å². The van der Waals surface area contributed by atoms with Crippen molar-refractivity contribution in [3.63, 3.8) is 0 Å². The molecule has 0 aromatic heterocycles. The Morgan fingerprint density at radius 2 is 2.14 bits per heavy atom. The molecule has 0 spiro atoms. The standard InChI is InChI=1S/C19H28O3/c1-3-11(8-17(4-2)13-7-14(13)17)16(20)22-19-9-12-5-6-18(21,10-19)15(12)19/h11-15,21H,3-10H2,1-2H3. The van der Waals surface area contributed by atoms with Crippen LogP contribution < -0.4 is 0 Å². The molecule has 5 aliphatic carbocycles. The van der Waals surface area contributed by atoms with Crippen LogP contribution in [-0.4, -0.2) is 22.3 Å². The maximum absolute atomic E-state index is 12.7. The summed E-state index contributed by atoms with van der Waals surface area (Å²) in [5.74, 6) is 2.84. The molecule has 22 heavy (non-hydrogen) atoms. The highest BCUT2D eigenvalue weighted by Crippen LogP contribution is 2.81. The summed E-state index contributed by atoms with van der Waals surface area (Å²) in [6.07, 6.45) is 8.32. The average Bonchev–Trinajstić information content (AvgIpc) is 3.33. The largest absolute Gasteiger partial charge is 0.458 e. The van der Waals surface area contributed by atoms with E-state index in [2.05, 4.69) is 13.8 Å². The number of carbonyl (C=O) groups excluding carboxylic acids is 1. The first-order chi connectivity index (χ1) is 10.5. The van der Waals surface area contributed by atoms with Crippen LogP contribution >= 0.6 is 0 Å². The van der Waals surface area contributed by atoms with Crippen molar-refractivity contribution >= 4 is 5.97 Å². The molecule has 0 heterocycles. The fraction of sp³-hybridized carbons (Fsp3) is 0.947. The maximum Gasteiger partial charge on any atom is 0.309 e. The molecule has 5 fully saturated rings. The highest BCUT2D eigenvalue weighted by atomic mass is 16.6. The minimum absolute atomic E-state index is 0.0361. The molecule has 3 heteroatoms. The first-order valence-corrected chi connectivity index (χ1v) is 9.43. The van der Waals surface area contributed by atoms with E-state index in [9.17, 15) is 9.90 Å². The minimum Gasteiger partial charge on any atom is -0.458 e. The number of fused-ring (bicyclic) bond motifs is 1. The summed E-state index contributed by atoms with van der Waals surface area (Å²) in [4.78, 5) is 12.7. The molecule has 0 aromatic rings. The van der Waals surface area contributed by atoms with Gasteiger partial charge in [-0.2, -0.15) is 0 Å². The van der Waals surface area contributed by atoms with Crippen LogP contribution in [0.5, 0.6) is 0 Å². The topological polar surface area (TPSA) is 46.5 Å². The van der Waals surface area contributed by atoms with Gasteiger partial charge in [-0.05, 0) is 68.1 Å². The molecule has 0 amide bonds. The lowest BCUT2D eigenvalue weighted by Crippen LogP contribution is -2.73. The predicted octanol–water partition coefficient (Wildman–Crippen LogP) is 3.30. The molecule has 122 valence electrons. The number of hydrogen-bond acceptors (Lipinski definition) is 3. The molecule has 0 radical (unpaired) electrons. The number of ether oxygens (including phenoxy) is 1. The molecule has 0 aromatic carbocycles. The van der Waals surface area contributed by atoms with E-state index in [1.165, 1.54) is 12.8 Å². The molecule has 3 nitrogen and oxygen atoms in total. The van der Waals surface area contributed by atoms with Crippen molar-refractivity contribution < 1.29 is 14.6 Å². The summed E-state index contributed by atoms with van der Waals surface area (Å²) in [5, 5.41) is 10.5. The molecular formula is C19H28O3. The molecule has 7 atom stereocenters. The third-order valence-corrected chi connectivity index (χ3v) is 8.35.